The average Bonchev–Trinajstić information content (AvgIpc) is 2.69. The van der Waals surface area contributed by atoms with E-state index >= 15 is 0 Å². The molecular weight excluding hydrogens is 503 g/mol. The molecule has 1 unspecified atom stereocenters. The highest BCUT2D eigenvalue weighted by Gasteiger charge is 2.36. The van der Waals surface area contributed by atoms with Crippen LogP contribution in [0.5, 0.6) is 0 Å². The normalized spacial score (nSPS) is 16.3. The molecule has 1 aromatic rings. The van der Waals surface area contributed by atoms with Crippen LogP contribution in [-0.4, -0.2) is 33.7 Å². The summed E-state index contributed by atoms with van der Waals surface area (Å²) in [5, 5.41) is 14.2. The molecule has 13 heteroatoms. The van der Waals surface area contributed by atoms with Crippen molar-refractivity contribution in [2.24, 2.45) is 0 Å². The number of rotatable bonds is 6. The molecule has 1 aromatic carbocycles. The third-order valence-electron chi connectivity index (χ3n) is 4.13. The molecule has 1 aliphatic rings. The van der Waals surface area contributed by atoms with Crippen LogP contribution < -0.4 is 5.32 Å². The average molecular weight is 524 g/mol. The van der Waals surface area contributed by atoms with Crippen molar-refractivity contribution in [2.75, 3.05) is 6.61 Å². The Morgan fingerprint density at radius 1 is 1.12 bits per heavy atom. The van der Waals surface area contributed by atoms with E-state index in [1.165, 1.54) is 18.2 Å². The van der Waals surface area contributed by atoms with Gasteiger partial charge in [0, 0.05) is 12.1 Å². The summed E-state index contributed by atoms with van der Waals surface area (Å²) in [5.41, 5.74) is 0.843. The number of benzene rings is 1. The molecular formula is C20H21Cl3N2O8. The van der Waals surface area contributed by atoms with Crippen LogP contribution in [0.4, 0.5) is 15.3 Å². The van der Waals surface area contributed by atoms with Crippen molar-refractivity contribution in [3.8, 4) is 0 Å². The number of hydrogen-bond donors (Lipinski definition) is 1. The highest BCUT2D eigenvalue weighted by atomic mass is 35.6. The second-order valence-corrected chi connectivity index (χ2v) is 9.68. The first-order valence-corrected chi connectivity index (χ1v) is 10.6. The number of nitrogens with one attached hydrogen (secondary N) is 1. The number of hydrogen-bond acceptors (Lipinski definition) is 9. The molecule has 0 aliphatic carbocycles. The summed E-state index contributed by atoms with van der Waals surface area (Å²) in [5.74, 6) is -1.06. The van der Waals surface area contributed by atoms with Gasteiger partial charge in [-0.05, 0) is 33.3 Å². The second-order valence-electron chi connectivity index (χ2n) is 7.16. The van der Waals surface area contributed by atoms with Crippen molar-refractivity contribution in [1.82, 2.24) is 5.32 Å². The fourth-order valence-corrected chi connectivity index (χ4v) is 3.08. The fraction of sp³-hybridized carbons (Fsp3) is 0.400. The molecule has 0 aromatic heterocycles. The van der Waals surface area contributed by atoms with E-state index in [2.05, 4.69) is 5.32 Å². The van der Waals surface area contributed by atoms with Crippen molar-refractivity contribution in [1.29, 1.82) is 0 Å². The number of nitrogens with zero attached hydrogens (tertiary/aromatic N) is 1. The zero-order valence-electron chi connectivity index (χ0n) is 18.0. The van der Waals surface area contributed by atoms with Gasteiger partial charge in [0.25, 0.3) is 5.69 Å². The van der Waals surface area contributed by atoms with Crippen LogP contribution in [0.1, 0.15) is 39.2 Å². The number of allylic oxidation sites excluding steroid dienone is 2. The Hall–Kier alpha value is -2.69. The van der Waals surface area contributed by atoms with Crippen LogP contribution in [0.25, 0.3) is 0 Å². The van der Waals surface area contributed by atoms with E-state index in [1.54, 1.807) is 33.8 Å². The molecule has 0 spiro atoms. The lowest BCUT2D eigenvalue weighted by Crippen LogP contribution is -2.30. The highest BCUT2D eigenvalue weighted by molar-refractivity contribution is 6.67. The predicted molar refractivity (Wildman–Crippen MR) is 120 cm³/mol. The first-order chi connectivity index (χ1) is 15.3. The van der Waals surface area contributed by atoms with E-state index in [0.717, 1.165) is 0 Å². The Labute approximate surface area is 204 Å². The molecule has 0 saturated carbocycles. The first-order valence-electron chi connectivity index (χ1n) is 9.51. The predicted octanol–water partition coefficient (Wildman–Crippen LogP) is 5.83. The molecule has 1 atom stereocenters. The van der Waals surface area contributed by atoms with Crippen LogP contribution in [0.3, 0.4) is 0 Å². The zero-order chi connectivity index (χ0) is 24.9. The van der Waals surface area contributed by atoms with E-state index < -0.39 is 39.7 Å². The van der Waals surface area contributed by atoms with Crippen molar-refractivity contribution in [2.45, 2.75) is 43.5 Å². The monoisotopic (exact) mass is 522 g/mol. The summed E-state index contributed by atoms with van der Waals surface area (Å²) in [6.07, 6.45) is -2.66. The van der Waals surface area contributed by atoms with Gasteiger partial charge in [0.15, 0.2) is 0 Å². The summed E-state index contributed by atoms with van der Waals surface area (Å²) in [7, 11) is 0. The summed E-state index contributed by atoms with van der Waals surface area (Å²) in [4.78, 5) is 35.2. The van der Waals surface area contributed by atoms with Crippen LogP contribution >= 0.6 is 34.8 Å². The number of carbonyl (C=O) groups is 2. The Kier molecular flexibility index (Phi) is 8.82. The molecule has 1 aliphatic heterocycles. The fourth-order valence-electron chi connectivity index (χ4n) is 2.91. The molecule has 10 nitrogen and oxygen atoms in total. The molecule has 1 heterocycles. The molecule has 180 valence electrons. The van der Waals surface area contributed by atoms with E-state index in [0.29, 0.717) is 17.0 Å². The van der Waals surface area contributed by atoms with Crippen LogP contribution in [0.2, 0.25) is 0 Å². The lowest BCUT2D eigenvalue weighted by Gasteiger charge is -2.30. The molecule has 0 saturated heterocycles. The number of nitro benzene ring substituents is 1. The molecule has 0 bridgehead atoms. The van der Waals surface area contributed by atoms with Crippen molar-refractivity contribution in [3.05, 3.63) is 62.9 Å². The van der Waals surface area contributed by atoms with Crippen LogP contribution in [-0.2, 0) is 18.9 Å². The number of ether oxygens (including phenoxy) is 4. The van der Waals surface area contributed by atoms with Gasteiger partial charge < -0.3 is 24.3 Å². The molecule has 0 radical (unpaired) electrons. The lowest BCUT2D eigenvalue weighted by atomic mass is 9.90. The Bertz CT molecular complexity index is 1000. The van der Waals surface area contributed by atoms with Crippen molar-refractivity contribution < 1.29 is 33.5 Å². The summed E-state index contributed by atoms with van der Waals surface area (Å²) >= 11 is 16.8. The minimum absolute atomic E-state index is 0.0101. The molecule has 0 amide bonds. The van der Waals surface area contributed by atoms with Gasteiger partial charge in [-0.2, -0.15) is 0 Å². The first kappa shape index (κ1) is 26.6. The maximum Gasteiger partial charge on any atom is 0.513 e. The van der Waals surface area contributed by atoms with Gasteiger partial charge >= 0.3 is 12.3 Å². The van der Waals surface area contributed by atoms with Gasteiger partial charge in [-0.1, -0.05) is 46.9 Å². The topological polar surface area (TPSA) is 126 Å². The maximum atomic E-state index is 12.3. The number of non-ortho nitro benzene ring substituents is 1. The summed E-state index contributed by atoms with van der Waals surface area (Å²) in [6.45, 7) is 5.90. The number of dihydropyridines is 1. The third-order valence-corrected chi connectivity index (χ3v) is 4.45. The quantitative estimate of drug-likeness (QED) is 0.212. The van der Waals surface area contributed by atoms with E-state index in [4.69, 9.17) is 53.8 Å². The standard InChI is InChI=1S/C20H21Cl3N2O8/c1-10(2)31-19(27)33-17-12(4)24-11(3)16(32-18(26)30-9-20(21,22)23)15(17)13-6-5-7-14(8-13)25(28)29/h5-8,10,15,24H,9H2,1-4H3. The van der Waals surface area contributed by atoms with E-state index in [1.807, 2.05) is 0 Å². The molecule has 0 fully saturated rings. The number of carbonyl (C=O) groups excluding carboxylic acids is 2. The Balaban J connectivity index is 2.48. The summed E-state index contributed by atoms with van der Waals surface area (Å²) < 4.78 is 18.8. The van der Waals surface area contributed by atoms with Crippen LogP contribution in [0.15, 0.2) is 47.2 Å². The number of halogens is 3. The van der Waals surface area contributed by atoms with Gasteiger partial charge in [0.1, 0.15) is 24.0 Å². The number of nitro groups is 1. The number of alkyl halides is 3. The molecule has 1 N–H and O–H groups in total. The van der Waals surface area contributed by atoms with Crippen molar-refractivity contribution >= 4 is 52.8 Å². The van der Waals surface area contributed by atoms with Gasteiger partial charge in [0.2, 0.25) is 3.79 Å². The highest BCUT2D eigenvalue weighted by Crippen LogP contribution is 2.40. The smallest absolute Gasteiger partial charge is 0.431 e. The van der Waals surface area contributed by atoms with E-state index in [-0.39, 0.29) is 17.2 Å². The van der Waals surface area contributed by atoms with Gasteiger partial charge in [-0.3, -0.25) is 10.1 Å². The van der Waals surface area contributed by atoms with Gasteiger partial charge in [-0.15, -0.1) is 0 Å². The van der Waals surface area contributed by atoms with Gasteiger partial charge in [-0.25, -0.2) is 9.59 Å². The molecule has 2 rings (SSSR count). The Morgan fingerprint density at radius 3 is 2.21 bits per heavy atom. The van der Waals surface area contributed by atoms with Crippen LogP contribution in [0, 0.1) is 10.1 Å². The lowest BCUT2D eigenvalue weighted by molar-refractivity contribution is -0.384. The summed E-state index contributed by atoms with van der Waals surface area (Å²) in [6, 6.07) is 5.56. The van der Waals surface area contributed by atoms with E-state index in [9.17, 15) is 19.7 Å². The minimum Gasteiger partial charge on any atom is -0.431 e. The Morgan fingerprint density at radius 2 is 1.70 bits per heavy atom. The van der Waals surface area contributed by atoms with Crippen molar-refractivity contribution in [3.63, 3.8) is 0 Å². The maximum absolute atomic E-state index is 12.3. The minimum atomic E-state index is -1.86. The zero-order valence-corrected chi connectivity index (χ0v) is 20.3. The molecule has 33 heavy (non-hydrogen) atoms. The largest absolute Gasteiger partial charge is 0.513 e. The SMILES string of the molecule is CC1=C(OC(=O)OCC(Cl)(Cl)Cl)C(c2cccc([N+](=O)[O-])c2)C(OC(=O)OC(C)C)=C(C)N1. The second kappa shape index (κ2) is 11.0. The third kappa shape index (κ3) is 7.69. The van der Waals surface area contributed by atoms with Gasteiger partial charge in [0.05, 0.1) is 22.4 Å².